The van der Waals surface area contributed by atoms with Gasteiger partial charge >= 0.3 is 12.9 Å². The number of sulfonamides is 1. The highest BCUT2D eigenvalue weighted by atomic mass is 32.2. The first-order valence-electron chi connectivity index (χ1n) is 6.33. The van der Waals surface area contributed by atoms with E-state index in [4.69, 9.17) is 5.39 Å². The average molecular weight is 381 g/mol. The van der Waals surface area contributed by atoms with Crippen molar-refractivity contribution in [3.8, 4) is 0 Å². The highest BCUT2D eigenvalue weighted by molar-refractivity contribution is 7.94. The number of anilines is 1. The molecule has 130 valence electrons. The zero-order valence-electron chi connectivity index (χ0n) is 12.5. The van der Waals surface area contributed by atoms with Gasteiger partial charge in [0.15, 0.2) is 4.98 Å². The van der Waals surface area contributed by atoms with E-state index in [2.05, 4.69) is 4.98 Å². The number of nitrogens with zero attached hydrogens (tertiary/aromatic N) is 3. The number of hydrogen-bond donors (Lipinski definition) is 0. The van der Waals surface area contributed by atoms with Crippen LogP contribution in [0.25, 0.3) is 4.98 Å². The van der Waals surface area contributed by atoms with Gasteiger partial charge in [-0.3, -0.25) is 4.31 Å². The van der Waals surface area contributed by atoms with Crippen LogP contribution in [0.1, 0.15) is 5.56 Å². The van der Waals surface area contributed by atoms with Gasteiger partial charge < -0.3 is 17.3 Å². The minimum atomic E-state index is -6.00. The van der Waals surface area contributed by atoms with Crippen LogP contribution in [0.4, 0.5) is 28.6 Å². The van der Waals surface area contributed by atoms with E-state index in [1.165, 1.54) is 7.05 Å². The zero-order valence-corrected chi connectivity index (χ0v) is 14.2. The molecule has 24 heavy (non-hydrogen) atoms. The molecular formula is C12H12BF4N3O2S2. The molecule has 0 bridgehead atoms. The Morgan fingerprint density at radius 1 is 1.17 bits per heavy atom. The number of diazo groups is 1. The molecule has 0 aliphatic carbocycles. The van der Waals surface area contributed by atoms with Crippen molar-refractivity contribution >= 4 is 40.0 Å². The summed E-state index contributed by atoms with van der Waals surface area (Å²) in [6, 6.07) is 8.30. The monoisotopic (exact) mass is 381 g/mol. The normalized spacial score (nSPS) is 11.2. The van der Waals surface area contributed by atoms with Gasteiger partial charge in [0.2, 0.25) is 5.39 Å². The van der Waals surface area contributed by atoms with Gasteiger partial charge in [0.25, 0.3) is 10.0 Å². The molecule has 2 rings (SSSR count). The molecule has 12 heteroatoms. The summed E-state index contributed by atoms with van der Waals surface area (Å²) < 4.78 is 65.1. The standard InChI is InChI=1S/C12H12N3O2S2.BF4/c1-9-5-3-6-10(12(9)14-13)15(2)19(16,17)11-7-4-8-18-11;2-1(3,4)5/h3-8H,1-2H3;/q+1;-1. The molecule has 0 saturated heterocycles. The van der Waals surface area contributed by atoms with Gasteiger partial charge in [-0.25, -0.2) is 8.42 Å². The van der Waals surface area contributed by atoms with Crippen molar-refractivity contribution in [3.05, 3.63) is 46.3 Å². The lowest BCUT2D eigenvalue weighted by Gasteiger charge is -2.16. The maximum Gasteiger partial charge on any atom is 0.673 e. The molecule has 0 N–H and O–H groups in total. The largest absolute Gasteiger partial charge is 0.673 e. The number of hydrogen-bond acceptors (Lipinski definition) is 4. The van der Waals surface area contributed by atoms with Crippen LogP contribution in [0.3, 0.4) is 0 Å². The Balaban J connectivity index is 0.000000505. The van der Waals surface area contributed by atoms with Crippen LogP contribution in [-0.2, 0) is 10.0 Å². The van der Waals surface area contributed by atoms with Crippen molar-refractivity contribution in [2.45, 2.75) is 11.1 Å². The fourth-order valence-electron chi connectivity index (χ4n) is 1.70. The second-order valence-electron chi connectivity index (χ2n) is 4.44. The van der Waals surface area contributed by atoms with E-state index in [0.717, 1.165) is 15.6 Å². The van der Waals surface area contributed by atoms with Gasteiger partial charge in [0, 0.05) is 12.6 Å². The third-order valence-corrected chi connectivity index (χ3v) is 5.91. The Kier molecular flexibility index (Phi) is 6.33. The number of benzene rings is 1. The fraction of sp³-hybridized carbons (Fsp3) is 0.167. The number of halogens is 4. The predicted molar refractivity (Wildman–Crippen MR) is 86.0 cm³/mol. The van der Waals surface area contributed by atoms with E-state index in [1.54, 1.807) is 42.6 Å². The summed E-state index contributed by atoms with van der Waals surface area (Å²) in [5.74, 6) is 0. The fourth-order valence-corrected chi connectivity index (χ4v) is 4.07. The first-order valence-corrected chi connectivity index (χ1v) is 8.65. The van der Waals surface area contributed by atoms with E-state index in [0.29, 0.717) is 11.3 Å². The predicted octanol–water partition coefficient (Wildman–Crippen LogP) is 4.67. The van der Waals surface area contributed by atoms with Crippen molar-refractivity contribution in [3.63, 3.8) is 0 Å². The van der Waals surface area contributed by atoms with Crippen molar-refractivity contribution in [2.75, 3.05) is 11.4 Å². The van der Waals surface area contributed by atoms with E-state index in [1.807, 2.05) is 0 Å². The second kappa shape index (κ2) is 7.63. The molecular weight excluding hydrogens is 369 g/mol. The van der Waals surface area contributed by atoms with Crippen molar-refractivity contribution in [1.82, 2.24) is 0 Å². The third-order valence-electron chi connectivity index (χ3n) is 2.77. The van der Waals surface area contributed by atoms with E-state index >= 15 is 0 Å². The van der Waals surface area contributed by atoms with Crippen LogP contribution in [0, 0.1) is 12.3 Å². The minimum Gasteiger partial charge on any atom is -0.418 e. The Bertz CT molecular complexity index is 827. The van der Waals surface area contributed by atoms with Gasteiger partial charge in [0.1, 0.15) is 9.90 Å². The Morgan fingerprint density at radius 3 is 2.21 bits per heavy atom. The summed E-state index contributed by atoms with van der Waals surface area (Å²) in [5.41, 5.74) is 1.30. The van der Waals surface area contributed by atoms with Crippen molar-refractivity contribution in [2.24, 2.45) is 0 Å². The molecule has 0 spiro atoms. The summed E-state index contributed by atoms with van der Waals surface area (Å²) in [7, 11) is -8.17. The van der Waals surface area contributed by atoms with Gasteiger partial charge in [-0.15, -0.1) is 11.3 Å². The molecule has 0 fully saturated rings. The van der Waals surface area contributed by atoms with Crippen LogP contribution < -0.4 is 4.31 Å². The van der Waals surface area contributed by atoms with Crippen LogP contribution in [0.15, 0.2) is 39.9 Å². The summed E-state index contributed by atoms with van der Waals surface area (Å²) >= 11 is 1.15. The molecule has 1 aromatic heterocycles. The molecule has 0 saturated carbocycles. The minimum absolute atomic E-state index is 0.250. The molecule has 0 amide bonds. The van der Waals surface area contributed by atoms with Crippen molar-refractivity contribution < 1.29 is 25.7 Å². The van der Waals surface area contributed by atoms with E-state index in [-0.39, 0.29) is 9.90 Å². The molecule has 1 heterocycles. The molecule has 0 aliphatic rings. The maximum absolute atomic E-state index is 12.4. The highest BCUT2D eigenvalue weighted by Gasteiger charge is 2.29. The average Bonchev–Trinajstić information content (AvgIpc) is 2.99. The Morgan fingerprint density at radius 2 is 1.75 bits per heavy atom. The second-order valence-corrected chi connectivity index (χ2v) is 7.59. The lowest BCUT2D eigenvalue weighted by molar-refractivity contribution is 0.368. The zero-order chi connectivity index (χ0) is 18.5. The maximum atomic E-state index is 12.4. The summed E-state index contributed by atoms with van der Waals surface area (Å²) in [6.07, 6.45) is 0. The number of aryl methyl sites for hydroxylation is 1. The van der Waals surface area contributed by atoms with Gasteiger partial charge in [0.05, 0.1) is 0 Å². The van der Waals surface area contributed by atoms with Crippen LogP contribution in [0.2, 0.25) is 0 Å². The molecule has 1 aromatic carbocycles. The smallest absolute Gasteiger partial charge is 0.418 e. The van der Waals surface area contributed by atoms with Crippen LogP contribution in [0.5, 0.6) is 0 Å². The number of rotatable bonds is 3. The molecule has 2 aromatic rings. The summed E-state index contributed by atoms with van der Waals surface area (Å²) in [5, 5.41) is 10.8. The molecule has 0 aliphatic heterocycles. The van der Waals surface area contributed by atoms with Gasteiger partial charge in [-0.2, -0.15) is 0 Å². The number of thiophene rings is 1. The first kappa shape index (κ1) is 19.9. The lowest BCUT2D eigenvalue weighted by Crippen LogP contribution is -2.25. The lowest BCUT2D eigenvalue weighted by atomic mass is 10.2. The molecule has 5 nitrogen and oxygen atoms in total. The molecule has 0 atom stereocenters. The summed E-state index contributed by atoms with van der Waals surface area (Å²) in [4.78, 5) is 3.18. The van der Waals surface area contributed by atoms with Crippen LogP contribution >= 0.6 is 11.3 Å². The quantitative estimate of drug-likeness (QED) is 0.441. The third kappa shape index (κ3) is 5.21. The Labute approximate surface area is 140 Å². The molecule has 0 unspecified atom stereocenters. The molecule has 0 radical (unpaired) electrons. The van der Waals surface area contributed by atoms with Crippen molar-refractivity contribution in [1.29, 1.82) is 5.39 Å². The van der Waals surface area contributed by atoms with E-state index < -0.39 is 17.3 Å². The van der Waals surface area contributed by atoms with E-state index in [9.17, 15) is 25.7 Å². The SMILES string of the molecule is Cc1cccc(N(C)S(=O)(=O)c2cccs2)c1[N+]#N.F[B-](F)(F)F. The van der Waals surface area contributed by atoms with Gasteiger partial charge in [-0.05, 0) is 24.4 Å². The highest BCUT2D eigenvalue weighted by Crippen LogP contribution is 2.34. The topological polar surface area (TPSA) is 65.5 Å². The van der Waals surface area contributed by atoms with Gasteiger partial charge in [-0.1, -0.05) is 18.2 Å². The Hall–Kier alpha value is -2.13. The summed E-state index contributed by atoms with van der Waals surface area (Å²) in [6.45, 7) is 1.75. The van der Waals surface area contributed by atoms with Crippen LogP contribution in [-0.4, -0.2) is 22.7 Å². The first-order chi connectivity index (χ1) is 11.0.